The third-order valence-corrected chi connectivity index (χ3v) is 3.14. The monoisotopic (exact) mass is 237 g/mol. The molecule has 2 unspecified atom stereocenters. The molecule has 1 aliphatic heterocycles. The van der Waals surface area contributed by atoms with E-state index in [0.29, 0.717) is 12.2 Å². The van der Waals surface area contributed by atoms with Gasteiger partial charge in [0.25, 0.3) is 0 Å². The van der Waals surface area contributed by atoms with E-state index in [4.69, 9.17) is 4.74 Å². The molecule has 2 atom stereocenters. The van der Waals surface area contributed by atoms with E-state index in [-0.39, 0.29) is 23.6 Å². The predicted molar refractivity (Wildman–Crippen MR) is 65.2 cm³/mol. The van der Waals surface area contributed by atoms with Gasteiger partial charge in [0.05, 0.1) is 12.2 Å². The van der Waals surface area contributed by atoms with E-state index in [2.05, 4.69) is 5.32 Å². The quantitative estimate of drug-likeness (QED) is 0.751. The number of nitrogens with one attached hydrogen (secondary N) is 1. The van der Waals surface area contributed by atoms with Crippen LogP contribution >= 0.6 is 0 Å². The van der Waals surface area contributed by atoms with E-state index in [0.717, 1.165) is 19.4 Å². The number of ether oxygens (including phenoxy) is 1. The molecule has 1 aromatic carbocycles. The SMILES string of the molecule is CC(NC1CCCOC1)c1c(O)cccc1O. The van der Waals surface area contributed by atoms with Gasteiger partial charge >= 0.3 is 0 Å². The number of rotatable bonds is 3. The normalized spacial score (nSPS) is 22.3. The van der Waals surface area contributed by atoms with Crippen LogP contribution in [0.15, 0.2) is 18.2 Å². The summed E-state index contributed by atoms with van der Waals surface area (Å²) in [5.74, 6) is 0.253. The van der Waals surface area contributed by atoms with E-state index in [1.807, 2.05) is 6.92 Å². The lowest BCUT2D eigenvalue weighted by molar-refractivity contribution is 0.0668. The first-order chi connectivity index (χ1) is 8.18. The van der Waals surface area contributed by atoms with E-state index in [1.54, 1.807) is 18.2 Å². The van der Waals surface area contributed by atoms with E-state index in [1.165, 1.54) is 0 Å². The summed E-state index contributed by atoms with van der Waals surface area (Å²) in [4.78, 5) is 0. The molecule has 0 bridgehead atoms. The Kier molecular flexibility index (Phi) is 3.86. The topological polar surface area (TPSA) is 61.7 Å². The average molecular weight is 237 g/mol. The highest BCUT2D eigenvalue weighted by molar-refractivity contribution is 5.44. The van der Waals surface area contributed by atoms with Gasteiger partial charge < -0.3 is 20.3 Å². The van der Waals surface area contributed by atoms with Crippen LogP contribution < -0.4 is 5.32 Å². The van der Waals surface area contributed by atoms with Gasteiger partial charge in [0.1, 0.15) is 11.5 Å². The van der Waals surface area contributed by atoms with Crippen LogP contribution in [0.3, 0.4) is 0 Å². The average Bonchev–Trinajstić information content (AvgIpc) is 2.30. The molecule has 0 aliphatic carbocycles. The Hall–Kier alpha value is -1.26. The van der Waals surface area contributed by atoms with E-state index in [9.17, 15) is 10.2 Å². The number of hydrogen-bond donors (Lipinski definition) is 3. The van der Waals surface area contributed by atoms with Gasteiger partial charge in [0.15, 0.2) is 0 Å². The molecule has 1 saturated heterocycles. The summed E-state index contributed by atoms with van der Waals surface area (Å²) in [5, 5.41) is 22.9. The minimum absolute atomic E-state index is 0.0945. The maximum absolute atomic E-state index is 9.76. The maximum atomic E-state index is 9.76. The van der Waals surface area contributed by atoms with Crippen LogP contribution in [0.25, 0.3) is 0 Å². The molecule has 1 aromatic rings. The molecule has 0 saturated carbocycles. The summed E-state index contributed by atoms with van der Waals surface area (Å²) < 4.78 is 5.39. The number of benzene rings is 1. The Balaban J connectivity index is 2.05. The molecule has 0 amide bonds. The van der Waals surface area contributed by atoms with Crippen molar-refractivity contribution in [3.05, 3.63) is 23.8 Å². The van der Waals surface area contributed by atoms with Gasteiger partial charge in [-0.2, -0.15) is 0 Å². The third-order valence-electron chi connectivity index (χ3n) is 3.14. The molecule has 0 spiro atoms. The third kappa shape index (κ3) is 2.90. The fraction of sp³-hybridized carbons (Fsp3) is 0.538. The zero-order chi connectivity index (χ0) is 12.3. The summed E-state index contributed by atoms with van der Waals surface area (Å²) in [7, 11) is 0. The summed E-state index contributed by atoms with van der Waals surface area (Å²) in [6, 6.07) is 5.00. The molecule has 1 fully saturated rings. The Morgan fingerprint density at radius 3 is 2.65 bits per heavy atom. The van der Waals surface area contributed by atoms with Crippen molar-refractivity contribution in [2.24, 2.45) is 0 Å². The minimum atomic E-state index is -0.0945. The van der Waals surface area contributed by atoms with Gasteiger partial charge in [-0.05, 0) is 31.9 Å². The lowest BCUT2D eigenvalue weighted by Gasteiger charge is -2.27. The molecular formula is C13H19NO3. The highest BCUT2D eigenvalue weighted by Gasteiger charge is 2.20. The largest absolute Gasteiger partial charge is 0.507 e. The molecule has 3 N–H and O–H groups in total. The summed E-state index contributed by atoms with van der Waals surface area (Å²) >= 11 is 0. The first-order valence-electron chi connectivity index (χ1n) is 6.03. The van der Waals surface area contributed by atoms with Gasteiger partial charge in [-0.1, -0.05) is 6.07 Å². The van der Waals surface area contributed by atoms with Gasteiger partial charge in [-0.3, -0.25) is 0 Å². The van der Waals surface area contributed by atoms with Crippen LogP contribution in [0.4, 0.5) is 0 Å². The highest BCUT2D eigenvalue weighted by atomic mass is 16.5. The van der Waals surface area contributed by atoms with Crippen LogP contribution in [0.5, 0.6) is 11.5 Å². The van der Waals surface area contributed by atoms with E-state index < -0.39 is 0 Å². The summed E-state index contributed by atoms with van der Waals surface area (Å²) in [6.45, 7) is 3.45. The van der Waals surface area contributed by atoms with Gasteiger partial charge in [0.2, 0.25) is 0 Å². The lowest BCUT2D eigenvalue weighted by Crippen LogP contribution is -2.38. The standard InChI is InChI=1S/C13H19NO3/c1-9(14-10-4-3-7-17-8-10)13-11(15)5-2-6-12(13)16/h2,5-6,9-10,14-16H,3-4,7-8H2,1H3. The van der Waals surface area contributed by atoms with Crippen LogP contribution in [0.1, 0.15) is 31.4 Å². The van der Waals surface area contributed by atoms with Crippen molar-refractivity contribution in [3.63, 3.8) is 0 Å². The summed E-state index contributed by atoms with van der Waals surface area (Å²) in [6.07, 6.45) is 2.12. The van der Waals surface area contributed by atoms with Gasteiger partial charge in [0, 0.05) is 18.7 Å². The molecule has 2 rings (SSSR count). The van der Waals surface area contributed by atoms with Crippen molar-refractivity contribution >= 4 is 0 Å². The molecule has 17 heavy (non-hydrogen) atoms. The highest BCUT2D eigenvalue weighted by Crippen LogP contribution is 2.32. The molecule has 1 heterocycles. The van der Waals surface area contributed by atoms with Crippen molar-refractivity contribution in [1.82, 2.24) is 5.32 Å². The predicted octanol–water partition coefficient (Wildman–Crippen LogP) is 1.93. The first kappa shape index (κ1) is 12.2. The van der Waals surface area contributed by atoms with Gasteiger partial charge in [-0.25, -0.2) is 0 Å². The van der Waals surface area contributed by atoms with Gasteiger partial charge in [-0.15, -0.1) is 0 Å². The number of phenols is 2. The molecule has 4 nitrogen and oxygen atoms in total. The number of hydrogen-bond acceptors (Lipinski definition) is 4. The molecule has 0 aromatic heterocycles. The van der Waals surface area contributed by atoms with Crippen LogP contribution in [-0.4, -0.2) is 29.5 Å². The maximum Gasteiger partial charge on any atom is 0.124 e. The molecule has 4 heteroatoms. The Morgan fingerprint density at radius 1 is 1.35 bits per heavy atom. The first-order valence-corrected chi connectivity index (χ1v) is 6.03. The number of phenolic OH excluding ortho intramolecular Hbond substituents is 2. The molecule has 0 radical (unpaired) electrons. The van der Waals surface area contributed by atoms with Crippen molar-refractivity contribution in [3.8, 4) is 11.5 Å². The minimum Gasteiger partial charge on any atom is -0.507 e. The molecule has 94 valence electrons. The van der Waals surface area contributed by atoms with E-state index >= 15 is 0 Å². The van der Waals surface area contributed by atoms with Crippen LogP contribution in [0, 0.1) is 0 Å². The number of aromatic hydroxyl groups is 2. The van der Waals surface area contributed by atoms with Crippen molar-refractivity contribution in [2.75, 3.05) is 13.2 Å². The Morgan fingerprint density at radius 2 is 2.06 bits per heavy atom. The van der Waals surface area contributed by atoms with Crippen molar-refractivity contribution in [2.45, 2.75) is 31.8 Å². The smallest absolute Gasteiger partial charge is 0.124 e. The van der Waals surface area contributed by atoms with Crippen molar-refractivity contribution in [1.29, 1.82) is 0 Å². The van der Waals surface area contributed by atoms with Crippen LogP contribution in [-0.2, 0) is 4.74 Å². The zero-order valence-corrected chi connectivity index (χ0v) is 10.0. The molecule has 1 aliphatic rings. The van der Waals surface area contributed by atoms with Crippen LogP contribution in [0.2, 0.25) is 0 Å². The second-order valence-electron chi connectivity index (χ2n) is 4.51. The molecular weight excluding hydrogens is 218 g/mol. The zero-order valence-electron chi connectivity index (χ0n) is 10.0. The fourth-order valence-electron chi connectivity index (χ4n) is 2.29. The second kappa shape index (κ2) is 5.38. The Bertz CT molecular complexity index is 355. The fourth-order valence-corrected chi connectivity index (χ4v) is 2.29. The summed E-state index contributed by atoms with van der Waals surface area (Å²) in [5.41, 5.74) is 0.554. The second-order valence-corrected chi connectivity index (χ2v) is 4.51. The van der Waals surface area contributed by atoms with Crippen molar-refractivity contribution < 1.29 is 14.9 Å². The Labute approximate surface area is 101 Å². The lowest BCUT2D eigenvalue weighted by atomic mass is 10.0.